The van der Waals surface area contributed by atoms with Gasteiger partial charge in [-0.05, 0) is 41.5 Å². The molecule has 148 valence electrons. The number of amides is 1. The highest BCUT2D eigenvalue weighted by Gasteiger charge is 2.33. The number of carbonyl (C=O) groups is 1. The van der Waals surface area contributed by atoms with E-state index in [1.54, 1.807) is 12.1 Å². The second kappa shape index (κ2) is 8.48. The number of nitrogens with one attached hydrogen (secondary N) is 1. The van der Waals surface area contributed by atoms with Crippen LogP contribution in [0.15, 0.2) is 65.3 Å². The van der Waals surface area contributed by atoms with Crippen LogP contribution in [-0.4, -0.2) is 30.1 Å². The molecule has 1 N–H and O–H groups in total. The molecule has 0 fully saturated rings. The minimum atomic E-state index is -4.48. The number of rotatable bonds is 7. The van der Waals surface area contributed by atoms with Gasteiger partial charge in [0.15, 0.2) is 0 Å². The van der Waals surface area contributed by atoms with Gasteiger partial charge in [-0.15, -0.1) is 0 Å². The Bertz CT molecular complexity index is 923. The van der Waals surface area contributed by atoms with Gasteiger partial charge in [-0.2, -0.15) is 13.2 Å². The van der Waals surface area contributed by atoms with Gasteiger partial charge >= 0.3 is 6.18 Å². The SMILES string of the molecule is C[C@H](NCC(=O)N(Cc1ccco1)CC(F)(F)F)c1ccc2ccccc2c1. The topological polar surface area (TPSA) is 45.5 Å². The standard InChI is InChI=1S/C21H21F3N2O2/c1-15(17-9-8-16-5-2-3-6-18(16)11-17)25-12-20(27)26(14-21(22,23)24)13-19-7-4-10-28-19/h2-11,15,25H,12-14H2,1H3/t15-/m0/s1. The molecule has 0 unspecified atom stereocenters. The Morgan fingerprint density at radius 3 is 2.54 bits per heavy atom. The second-order valence-electron chi connectivity index (χ2n) is 6.65. The van der Waals surface area contributed by atoms with Crippen molar-refractivity contribution in [3.8, 4) is 0 Å². The van der Waals surface area contributed by atoms with Crippen LogP contribution < -0.4 is 5.32 Å². The Labute approximate surface area is 160 Å². The summed E-state index contributed by atoms with van der Waals surface area (Å²) in [4.78, 5) is 13.2. The van der Waals surface area contributed by atoms with Gasteiger partial charge < -0.3 is 14.6 Å². The fourth-order valence-corrected chi connectivity index (χ4v) is 2.99. The van der Waals surface area contributed by atoms with Crippen molar-refractivity contribution < 1.29 is 22.4 Å². The first-order chi connectivity index (χ1) is 13.3. The normalized spacial score (nSPS) is 12.9. The second-order valence-corrected chi connectivity index (χ2v) is 6.65. The molecule has 0 saturated heterocycles. The maximum Gasteiger partial charge on any atom is 0.406 e. The summed E-state index contributed by atoms with van der Waals surface area (Å²) in [6.07, 6.45) is -3.11. The van der Waals surface area contributed by atoms with Crippen LogP contribution in [0.3, 0.4) is 0 Å². The molecular weight excluding hydrogens is 369 g/mol. The minimum absolute atomic E-state index is 0.190. The van der Waals surface area contributed by atoms with Crippen molar-refractivity contribution in [3.05, 3.63) is 72.2 Å². The first-order valence-corrected chi connectivity index (χ1v) is 8.91. The van der Waals surface area contributed by atoms with Crippen molar-refractivity contribution in [3.63, 3.8) is 0 Å². The van der Waals surface area contributed by atoms with Crippen LogP contribution >= 0.6 is 0 Å². The zero-order valence-corrected chi connectivity index (χ0v) is 15.4. The van der Waals surface area contributed by atoms with Gasteiger partial charge in [0.05, 0.1) is 19.4 Å². The molecule has 3 rings (SSSR count). The van der Waals surface area contributed by atoms with Gasteiger partial charge in [0.2, 0.25) is 5.91 Å². The molecule has 1 heterocycles. The smallest absolute Gasteiger partial charge is 0.406 e. The Morgan fingerprint density at radius 1 is 1.11 bits per heavy atom. The van der Waals surface area contributed by atoms with Gasteiger partial charge in [0.1, 0.15) is 12.3 Å². The van der Waals surface area contributed by atoms with E-state index in [0.29, 0.717) is 5.76 Å². The number of fused-ring (bicyclic) bond motifs is 1. The summed E-state index contributed by atoms with van der Waals surface area (Å²) in [6.45, 7) is 0.124. The number of benzene rings is 2. The number of hydrogen-bond donors (Lipinski definition) is 1. The van der Waals surface area contributed by atoms with E-state index in [9.17, 15) is 18.0 Å². The van der Waals surface area contributed by atoms with Gasteiger partial charge in [-0.1, -0.05) is 36.4 Å². The van der Waals surface area contributed by atoms with Crippen molar-refractivity contribution in [1.82, 2.24) is 10.2 Å². The molecule has 7 heteroatoms. The molecule has 2 aromatic carbocycles. The minimum Gasteiger partial charge on any atom is -0.467 e. The predicted octanol–water partition coefficient (Wildman–Crippen LogP) is 4.67. The number of hydrogen-bond acceptors (Lipinski definition) is 3. The van der Waals surface area contributed by atoms with Crippen molar-refractivity contribution >= 4 is 16.7 Å². The van der Waals surface area contributed by atoms with E-state index in [-0.39, 0.29) is 19.1 Å². The monoisotopic (exact) mass is 390 g/mol. The fraction of sp³-hybridized carbons (Fsp3) is 0.286. The van der Waals surface area contributed by atoms with E-state index in [2.05, 4.69) is 5.32 Å². The number of halogens is 3. The van der Waals surface area contributed by atoms with Crippen molar-refractivity contribution in [1.29, 1.82) is 0 Å². The third kappa shape index (κ3) is 5.36. The summed E-state index contributed by atoms with van der Waals surface area (Å²) in [7, 11) is 0. The first kappa shape index (κ1) is 19.9. The highest BCUT2D eigenvalue weighted by atomic mass is 19.4. The lowest BCUT2D eigenvalue weighted by Crippen LogP contribution is -2.43. The summed E-state index contributed by atoms with van der Waals surface area (Å²) in [5.74, 6) is -0.332. The number of carbonyl (C=O) groups excluding carboxylic acids is 1. The van der Waals surface area contributed by atoms with Crippen LogP contribution in [0.1, 0.15) is 24.3 Å². The van der Waals surface area contributed by atoms with Crippen molar-refractivity contribution in [2.45, 2.75) is 25.7 Å². The molecule has 3 aromatic rings. The molecule has 1 aromatic heterocycles. The highest BCUT2D eigenvalue weighted by molar-refractivity contribution is 5.83. The summed E-state index contributed by atoms with van der Waals surface area (Å²) in [6, 6.07) is 16.8. The zero-order valence-electron chi connectivity index (χ0n) is 15.4. The Kier molecular flexibility index (Phi) is 6.04. The molecule has 1 atom stereocenters. The molecule has 0 aliphatic heterocycles. The molecular formula is C21H21F3N2O2. The Morgan fingerprint density at radius 2 is 1.86 bits per heavy atom. The third-order valence-corrected chi connectivity index (χ3v) is 4.48. The maximum atomic E-state index is 12.9. The molecule has 1 amide bonds. The molecule has 0 saturated carbocycles. The van der Waals surface area contributed by atoms with E-state index < -0.39 is 18.6 Å². The lowest BCUT2D eigenvalue weighted by Gasteiger charge is -2.24. The molecule has 0 spiro atoms. The Hall–Kier alpha value is -2.80. The number of alkyl halides is 3. The quantitative estimate of drug-likeness (QED) is 0.637. The largest absolute Gasteiger partial charge is 0.467 e. The maximum absolute atomic E-state index is 12.9. The lowest BCUT2D eigenvalue weighted by atomic mass is 10.0. The third-order valence-electron chi connectivity index (χ3n) is 4.48. The number of furan rings is 1. The molecule has 0 bridgehead atoms. The van der Waals surface area contributed by atoms with E-state index >= 15 is 0 Å². The highest BCUT2D eigenvalue weighted by Crippen LogP contribution is 2.21. The predicted molar refractivity (Wildman–Crippen MR) is 101 cm³/mol. The van der Waals surface area contributed by atoms with Crippen LogP contribution in [0.25, 0.3) is 10.8 Å². The molecule has 0 aliphatic carbocycles. The van der Waals surface area contributed by atoms with Gasteiger partial charge in [0.25, 0.3) is 0 Å². The van der Waals surface area contributed by atoms with Crippen LogP contribution in [0.2, 0.25) is 0 Å². The van der Waals surface area contributed by atoms with E-state index in [1.165, 1.54) is 6.26 Å². The van der Waals surface area contributed by atoms with Crippen LogP contribution in [0.4, 0.5) is 13.2 Å². The van der Waals surface area contributed by atoms with Crippen LogP contribution in [0.5, 0.6) is 0 Å². The van der Waals surface area contributed by atoms with E-state index in [0.717, 1.165) is 21.2 Å². The summed E-state index contributed by atoms with van der Waals surface area (Å²) in [5, 5.41) is 5.19. The average Bonchev–Trinajstić information content (AvgIpc) is 3.17. The molecule has 0 aliphatic rings. The first-order valence-electron chi connectivity index (χ1n) is 8.91. The van der Waals surface area contributed by atoms with E-state index in [1.807, 2.05) is 49.4 Å². The van der Waals surface area contributed by atoms with Crippen LogP contribution in [0, 0.1) is 0 Å². The average molecular weight is 390 g/mol. The van der Waals surface area contributed by atoms with Gasteiger partial charge in [0, 0.05) is 6.04 Å². The van der Waals surface area contributed by atoms with Crippen molar-refractivity contribution in [2.75, 3.05) is 13.1 Å². The molecule has 28 heavy (non-hydrogen) atoms. The van der Waals surface area contributed by atoms with Crippen LogP contribution in [-0.2, 0) is 11.3 Å². The zero-order chi connectivity index (χ0) is 20.1. The molecule has 4 nitrogen and oxygen atoms in total. The summed E-state index contributed by atoms with van der Waals surface area (Å²) < 4.78 is 43.7. The van der Waals surface area contributed by atoms with Gasteiger partial charge in [-0.3, -0.25) is 4.79 Å². The van der Waals surface area contributed by atoms with Crippen molar-refractivity contribution in [2.24, 2.45) is 0 Å². The summed E-state index contributed by atoms with van der Waals surface area (Å²) in [5.41, 5.74) is 0.958. The van der Waals surface area contributed by atoms with Gasteiger partial charge in [-0.25, -0.2) is 0 Å². The molecule has 0 radical (unpaired) electrons. The lowest BCUT2D eigenvalue weighted by molar-refractivity contribution is -0.162. The number of nitrogens with zero attached hydrogens (tertiary/aromatic N) is 1. The van der Waals surface area contributed by atoms with E-state index in [4.69, 9.17) is 4.42 Å². The summed E-state index contributed by atoms with van der Waals surface area (Å²) >= 11 is 0. The fourth-order valence-electron chi connectivity index (χ4n) is 2.99. The Balaban J connectivity index is 1.64.